The fraction of sp³-hybridized carbons (Fsp3) is 0.391. The molecule has 1 saturated heterocycles. The van der Waals surface area contributed by atoms with Crippen LogP contribution in [0.2, 0.25) is 0 Å². The van der Waals surface area contributed by atoms with Crippen LogP contribution in [0.1, 0.15) is 16.9 Å². The number of carbonyl (C=O) groups is 1. The normalized spacial score (nSPS) is 14.8. The van der Waals surface area contributed by atoms with E-state index < -0.39 is 0 Å². The second kappa shape index (κ2) is 9.17. The van der Waals surface area contributed by atoms with Gasteiger partial charge in [0.25, 0.3) is 5.91 Å². The molecule has 1 amide bonds. The number of amides is 1. The Balaban J connectivity index is 1.22. The van der Waals surface area contributed by atoms with E-state index in [1.807, 2.05) is 43.4 Å². The van der Waals surface area contributed by atoms with Crippen molar-refractivity contribution in [3.05, 3.63) is 54.2 Å². The maximum atomic E-state index is 12.6. The first-order chi connectivity index (χ1) is 14.7. The molecule has 2 heterocycles. The molecule has 0 bridgehead atoms. The highest BCUT2D eigenvalue weighted by Crippen LogP contribution is 2.28. The molecule has 4 rings (SSSR count). The first-order valence-electron chi connectivity index (χ1n) is 10.5. The third-order valence-corrected chi connectivity index (χ3v) is 5.71. The number of methoxy groups -OCH3 is 1. The van der Waals surface area contributed by atoms with Crippen molar-refractivity contribution in [2.75, 3.05) is 51.3 Å². The molecule has 0 aliphatic carbocycles. The van der Waals surface area contributed by atoms with Crippen molar-refractivity contribution < 1.29 is 9.53 Å². The second-order valence-electron chi connectivity index (χ2n) is 7.60. The van der Waals surface area contributed by atoms with Crippen LogP contribution in [0.4, 0.5) is 5.69 Å². The summed E-state index contributed by atoms with van der Waals surface area (Å²) < 4.78 is 7.25. The first-order valence-corrected chi connectivity index (χ1v) is 10.5. The van der Waals surface area contributed by atoms with Crippen LogP contribution < -0.4 is 15.0 Å². The number of nitrogens with zero attached hydrogens (tertiary/aromatic N) is 4. The average Bonchev–Trinajstić information content (AvgIpc) is 3.14. The van der Waals surface area contributed by atoms with Gasteiger partial charge in [-0.15, -0.1) is 0 Å². The maximum absolute atomic E-state index is 12.6. The summed E-state index contributed by atoms with van der Waals surface area (Å²) >= 11 is 0. The molecular formula is C23H29N5O2. The summed E-state index contributed by atoms with van der Waals surface area (Å²) in [7, 11) is 3.58. The van der Waals surface area contributed by atoms with Gasteiger partial charge < -0.3 is 15.0 Å². The highest BCUT2D eigenvalue weighted by molar-refractivity contribution is 6.04. The van der Waals surface area contributed by atoms with E-state index in [9.17, 15) is 4.79 Å². The van der Waals surface area contributed by atoms with Gasteiger partial charge in [0.1, 0.15) is 5.75 Å². The highest BCUT2D eigenvalue weighted by atomic mass is 16.5. The summed E-state index contributed by atoms with van der Waals surface area (Å²) in [5.74, 6) is 0.823. The minimum Gasteiger partial charge on any atom is -0.495 e. The first kappa shape index (κ1) is 20.2. The lowest BCUT2D eigenvalue weighted by Crippen LogP contribution is -2.47. The van der Waals surface area contributed by atoms with E-state index in [0.717, 1.165) is 61.5 Å². The molecule has 1 fully saturated rings. The Morgan fingerprint density at radius 1 is 1.07 bits per heavy atom. The number of nitrogens with one attached hydrogen (secondary N) is 1. The van der Waals surface area contributed by atoms with Gasteiger partial charge in [-0.05, 0) is 31.2 Å². The molecule has 30 heavy (non-hydrogen) atoms. The van der Waals surface area contributed by atoms with Gasteiger partial charge in [0.05, 0.1) is 18.3 Å². The highest BCUT2D eigenvalue weighted by Gasteiger charge is 2.19. The number of ether oxygens (including phenoxy) is 1. The molecule has 0 radical (unpaired) electrons. The zero-order chi connectivity index (χ0) is 20.9. The standard InChI is InChI=1S/C23H29N5O2/c1-26-19-9-4-3-8-18(19)22(25-26)23(29)24-12-7-13-27-14-16-28(17-15-27)20-10-5-6-11-21(20)30-2/h3-6,8-11H,7,12-17H2,1-2H3,(H,24,29). The minimum absolute atomic E-state index is 0.104. The average molecular weight is 408 g/mol. The quantitative estimate of drug-likeness (QED) is 0.610. The van der Waals surface area contributed by atoms with Gasteiger partial charge >= 0.3 is 0 Å². The lowest BCUT2D eigenvalue weighted by molar-refractivity contribution is 0.0947. The van der Waals surface area contributed by atoms with Crippen LogP contribution in [0.25, 0.3) is 10.9 Å². The molecule has 0 saturated carbocycles. The SMILES string of the molecule is COc1ccccc1N1CCN(CCCNC(=O)c2nn(C)c3ccccc23)CC1. The number of anilines is 1. The Bertz CT molecular complexity index is 1010. The lowest BCUT2D eigenvalue weighted by Gasteiger charge is -2.36. The van der Waals surface area contributed by atoms with Gasteiger partial charge in [-0.3, -0.25) is 14.4 Å². The molecule has 0 unspecified atom stereocenters. The molecule has 158 valence electrons. The smallest absolute Gasteiger partial charge is 0.272 e. The molecular weight excluding hydrogens is 378 g/mol. The molecule has 7 nitrogen and oxygen atoms in total. The van der Waals surface area contributed by atoms with E-state index in [2.05, 4.69) is 32.3 Å². The van der Waals surface area contributed by atoms with E-state index in [1.54, 1.807) is 11.8 Å². The number of benzene rings is 2. The summed E-state index contributed by atoms with van der Waals surface area (Å²) in [6, 6.07) is 16.0. The van der Waals surface area contributed by atoms with Crippen LogP contribution in [0.5, 0.6) is 5.75 Å². The summed E-state index contributed by atoms with van der Waals surface area (Å²) in [6.45, 7) is 5.60. The predicted molar refractivity (Wildman–Crippen MR) is 119 cm³/mol. The van der Waals surface area contributed by atoms with Crippen molar-refractivity contribution in [1.29, 1.82) is 0 Å². The summed E-state index contributed by atoms with van der Waals surface area (Å²) in [6.07, 6.45) is 0.922. The number of carbonyl (C=O) groups excluding carboxylic acids is 1. The maximum Gasteiger partial charge on any atom is 0.272 e. The Morgan fingerprint density at radius 2 is 1.80 bits per heavy atom. The van der Waals surface area contributed by atoms with Crippen molar-refractivity contribution in [2.24, 2.45) is 7.05 Å². The van der Waals surface area contributed by atoms with Gasteiger partial charge in [0.15, 0.2) is 5.69 Å². The van der Waals surface area contributed by atoms with E-state index in [1.165, 1.54) is 0 Å². The van der Waals surface area contributed by atoms with Gasteiger partial charge in [-0.2, -0.15) is 5.10 Å². The number of fused-ring (bicyclic) bond motifs is 1. The molecule has 1 aromatic heterocycles. The number of rotatable bonds is 7. The Hall–Kier alpha value is -3.06. The zero-order valence-corrected chi connectivity index (χ0v) is 17.7. The van der Waals surface area contributed by atoms with Crippen LogP contribution in [0.15, 0.2) is 48.5 Å². The van der Waals surface area contributed by atoms with Crippen molar-refractivity contribution in [3.8, 4) is 5.75 Å². The van der Waals surface area contributed by atoms with E-state index in [4.69, 9.17) is 4.74 Å². The fourth-order valence-electron chi connectivity index (χ4n) is 4.07. The third-order valence-electron chi connectivity index (χ3n) is 5.71. The number of hydrogen-bond donors (Lipinski definition) is 1. The molecule has 2 aromatic carbocycles. The molecule has 0 atom stereocenters. The summed E-state index contributed by atoms with van der Waals surface area (Å²) in [5, 5.41) is 8.31. The zero-order valence-electron chi connectivity index (χ0n) is 17.7. The number of aromatic nitrogens is 2. The van der Waals surface area contributed by atoms with E-state index >= 15 is 0 Å². The molecule has 3 aromatic rings. The van der Waals surface area contributed by atoms with Gasteiger partial charge in [0.2, 0.25) is 0 Å². The van der Waals surface area contributed by atoms with Crippen molar-refractivity contribution in [1.82, 2.24) is 20.0 Å². The molecule has 7 heteroatoms. The van der Waals surface area contributed by atoms with Crippen LogP contribution in [-0.2, 0) is 7.05 Å². The van der Waals surface area contributed by atoms with Gasteiger partial charge in [-0.1, -0.05) is 30.3 Å². The number of aryl methyl sites for hydroxylation is 1. The molecule has 1 N–H and O–H groups in total. The van der Waals surface area contributed by atoms with Crippen LogP contribution in [0.3, 0.4) is 0 Å². The van der Waals surface area contributed by atoms with Gasteiger partial charge in [0, 0.05) is 45.2 Å². The predicted octanol–water partition coefficient (Wildman–Crippen LogP) is 2.52. The molecule has 1 aliphatic rings. The van der Waals surface area contributed by atoms with Crippen molar-refractivity contribution in [3.63, 3.8) is 0 Å². The Labute approximate surface area is 177 Å². The second-order valence-corrected chi connectivity index (χ2v) is 7.60. The lowest BCUT2D eigenvalue weighted by atomic mass is 10.2. The largest absolute Gasteiger partial charge is 0.495 e. The van der Waals surface area contributed by atoms with Crippen LogP contribution >= 0.6 is 0 Å². The fourth-order valence-corrected chi connectivity index (χ4v) is 4.07. The van der Waals surface area contributed by atoms with E-state index in [0.29, 0.717) is 12.2 Å². The van der Waals surface area contributed by atoms with E-state index in [-0.39, 0.29) is 5.91 Å². The number of para-hydroxylation sites is 3. The summed E-state index contributed by atoms with van der Waals surface area (Å²) in [4.78, 5) is 17.4. The van der Waals surface area contributed by atoms with Crippen molar-refractivity contribution >= 4 is 22.5 Å². The topological polar surface area (TPSA) is 62.6 Å². The number of piperazine rings is 1. The van der Waals surface area contributed by atoms with Crippen molar-refractivity contribution in [2.45, 2.75) is 6.42 Å². The molecule has 1 aliphatic heterocycles. The third kappa shape index (κ3) is 4.26. The number of hydrogen-bond acceptors (Lipinski definition) is 5. The Morgan fingerprint density at radius 3 is 2.60 bits per heavy atom. The monoisotopic (exact) mass is 407 g/mol. The van der Waals surface area contributed by atoms with Gasteiger partial charge in [-0.25, -0.2) is 0 Å². The Kier molecular flexibility index (Phi) is 6.18. The summed E-state index contributed by atoms with van der Waals surface area (Å²) in [5.41, 5.74) is 2.63. The van der Waals surface area contributed by atoms with Crippen LogP contribution in [0, 0.1) is 0 Å². The van der Waals surface area contributed by atoms with Crippen LogP contribution in [-0.4, -0.2) is 67.0 Å². The molecule has 0 spiro atoms. The minimum atomic E-state index is -0.104.